The molecule has 0 N–H and O–H groups in total. The van der Waals surface area contributed by atoms with E-state index in [2.05, 4.69) is 155 Å². The molecular weight excluding hydrogens is 624 g/mol. The molecule has 0 atom stereocenters. The molecule has 256 valence electrons. The van der Waals surface area contributed by atoms with E-state index in [4.69, 9.17) is 0 Å². The minimum atomic E-state index is 0.0561. The highest BCUT2D eigenvalue weighted by atomic mass is 15.0. The number of benzene rings is 6. The van der Waals surface area contributed by atoms with Gasteiger partial charge < -0.3 is 4.57 Å². The Morgan fingerprint density at radius 1 is 0.365 bits per heavy atom. The fourth-order valence-corrected chi connectivity index (χ4v) is 10.7. The smallest absolute Gasteiger partial charge is 0.245 e. The molecule has 0 fully saturated rings. The summed E-state index contributed by atoms with van der Waals surface area (Å²) in [5, 5.41) is 2.78. The lowest BCUT2D eigenvalue weighted by Gasteiger charge is -2.28. The van der Waals surface area contributed by atoms with Gasteiger partial charge in [-0.1, -0.05) is 93.1 Å². The minimum absolute atomic E-state index is 0.0561. The molecule has 1 aromatic heterocycles. The lowest BCUT2D eigenvalue weighted by atomic mass is 9.28. The van der Waals surface area contributed by atoms with Crippen LogP contribution in [0.4, 0.5) is 0 Å². The second-order valence-corrected chi connectivity index (χ2v) is 16.4. The first-order valence-electron chi connectivity index (χ1n) is 19.2. The van der Waals surface area contributed by atoms with Crippen LogP contribution in [0.25, 0.3) is 38.6 Å². The quantitative estimate of drug-likeness (QED) is 0.155. The molecule has 0 amide bonds. The molecule has 0 unspecified atom stereocenters. The van der Waals surface area contributed by atoms with Crippen molar-refractivity contribution in [2.75, 3.05) is 0 Å². The van der Waals surface area contributed by atoms with Gasteiger partial charge >= 0.3 is 0 Å². The van der Waals surface area contributed by atoms with Crippen molar-refractivity contribution in [1.29, 1.82) is 0 Å². The summed E-state index contributed by atoms with van der Waals surface area (Å²) >= 11 is 0. The maximum absolute atomic E-state index is 2.73. The number of aryl methyl sites for hydroxylation is 2. The van der Waals surface area contributed by atoms with Crippen LogP contribution in [0, 0.1) is 90.0 Å². The SMILES string of the molecule is Cc1c(C)c(C)c(B2c3ccccc3B3c4c(C)c(C)c(C)c(C)c4-c4ccc5c6c(C)c(C)c(C)c(C)c6n(c5c43)-c3ccccc32)c(C)c1C. The van der Waals surface area contributed by atoms with Crippen molar-refractivity contribution in [2.45, 2.75) is 90.0 Å². The van der Waals surface area contributed by atoms with Gasteiger partial charge in [-0.05, 0) is 174 Å². The average molecular weight is 674 g/mol. The van der Waals surface area contributed by atoms with Crippen molar-refractivity contribution < 1.29 is 0 Å². The van der Waals surface area contributed by atoms with E-state index in [1.54, 1.807) is 0 Å². The normalized spacial score (nSPS) is 13.0. The minimum Gasteiger partial charge on any atom is -0.310 e. The monoisotopic (exact) mass is 673 g/mol. The Kier molecular flexibility index (Phi) is 7.09. The molecule has 0 radical (unpaired) electrons. The van der Waals surface area contributed by atoms with Crippen LogP contribution in [-0.2, 0) is 0 Å². The first kappa shape index (κ1) is 33.1. The number of nitrogens with zero attached hydrogens (tertiary/aromatic N) is 1. The third kappa shape index (κ3) is 3.92. The van der Waals surface area contributed by atoms with E-state index >= 15 is 0 Å². The summed E-state index contributed by atoms with van der Waals surface area (Å²) in [7, 11) is 0. The van der Waals surface area contributed by atoms with E-state index in [-0.39, 0.29) is 13.4 Å². The maximum Gasteiger partial charge on any atom is 0.245 e. The maximum atomic E-state index is 2.73. The topological polar surface area (TPSA) is 4.93 Å². The highest BCUT2D eigenvalue weighted by molar-refractivity contribution is 7.07. The largest absolute Gasteiger partial charge is 0.310 e. The molecule has 0 spiro atoms. The van der Waals surface area contributed by atoms with Gasteiger partial charge in [-0.15, -0.1) is 0 Å². The zero-order valence-electron chi connectivity index (χ0n) is 33.4. The van der Waals surface area contributed by atoms with Crippen molar-refractivity contribution >= 4 is 68.0 Å². The molecule has 0 saturated heterocycles. The van der Waals surface area contributed by atoms with Gasteiger partial charge in [-0.2, -0.15) is 0 Å². The lowest BCUT2D eigenvalue weighted by molar-refractivity contribution is 1.16. The van der Waals surface area contributed by atoms with E-state index < -0.39 is 0 Å². The predicted molar refractivity (Wildman–Crippen MR) is 230 cm³/mol. The van der Waals surface area contributed by atoms with Gasteiger partial charge in [-0.3, -0.25) is 0 Å². The molecule has 3 heterocycles. The van der Waals surface area contributed by atoms with E-state index in [1.807, 2.05) is 0 Å². The molecule has 2 aliphatic heterocycles. The van der Waals surface area contributed by atoms with E-state index in [1.165, 1.54) is 144 Å². The van der Waals surface area contributed by atoms with Crippen molar-refractivity contribution in [3.63, 3.8) is 0 Å². The van der Waals surface area contributed by atoms with Crippen molar-refractivity contribution in [3.8, 4) is 16.8 Å². The van der Waals surface area contributed by atoms with E-state index in [9.17, 15) is 0 Å². The van der Waals surface area contributed by atoms with Gasteiger partial charge in [0.25, 0.3) is 0 Å². The van der Waals surface area contributed by atoms with E-state index in [0.29, 0.717) is 0 Å². The Hall–Kier alpha value is -4.75. The highest BCUT2D eigenvalue weighted by Gasteiger charge is 2.44. The van der Waals surface area contributed by atoms with Crippen LogP contribution >= 0.6 is 0 Å². The second kappa shape index (κ2) is 11.1. The molecule has 1 nitrogen and oxygen atoms in total. The van der Waals surface area contributed by atoms with Crippen LogP contribution in [0.2, 0.25) is 0 Å². The summed E-state index contributed by atoms with van der Waals surface area (Å²) in [6.07, 6.45) is 0. The zero-order valence-corrected chi connectivity index (χ0v) is 33.4. The molecule has 0 bridgehead atoms. The van der Waals surface area contributed by atoms with Crippen molar-refractivity contribution in [2.24, 2.45) is 0 Å². The Morgan fingerprint density at radius 3 is 1.48 bits per heavy atom. The fourth-order valence-electron chi connectivity index (χ4n) is 10.7. The summed E-state index contributed by atoms with van der Waals surface area (Å²) in [4.78, 5) is 0. The number of rotatable bonds is 1. The molecule has 9 rings (SSSR count). The molecule has 52 heavy (non-hydrogen) atoms. The number of hydrogen-bond donors (Lipinski definition) is 0. The van der Waals surface area contributed by atoms with Crippen LogP contribution in [-0.4, -0.2) is 18.0 Å². The summed E-state index contributed by atoms with van der Waals surface area (Å²) < 4.78 is 2.73. The van der Waals surface area contributed by atoms with Gasteiger partial charge in [0.05, 0.1) is 5.52 Å². The summed E-state index contributed by atoms with van der Waals surface area (Å²) in [6.45, 7) is 30.7. The molecule has 0 saturated carbocycles. The van der Waals surface area contributed by atoms with Gasteiger partial charge in [0, 0.05) is 22.0 Å². The van der Waals surface area contributed by atoms with Crippen LogP contribution < -0.4 is 32.8 Å². The van der Waals surface area contributed by atoms with Gasteiger partial charge in [0.15, 0.2) is 0 Å². The molecule has 0 aliphatic carbocycles. The Bertz CT molecular complexity index is 2740. The van der Waals surface area contributed by atoms with Gasteiger partial charge in [0.1, 0.15) is 0 Å². The zero-order chi connectivity index (χ0) is 36.8. The predicted octanol–water partition coefficient (Wildman–Crippen LogP) is 8.12. The number of fused-ring (bicyclic) bond motifs is 10. The van der Waals surface area contributed by atoms with Crippen LogP contribution in [0.15, 0.2) is 60.7 Å². The van der Waals surface area contributed by atoms with Crippen LogP contribution in [0.5, 0.6) is 0 Å². The molecule has 6 aromatic carbocycles. The highest BCUT2D eigenvalue weighted by Crippen LogP contribution is 2.42. The van der Waals surface area contributed by atoms with Crippen molar-refractivity contribution in [1.82, 2.24) is 4.57 Å². The summed E-state index contributed by atoms with van der Waals surface area (Å²) in [6, 6.07) is 23.9. The molecule has 2 aliphatic rings. The lowest BCUT2D eigenvalue weighted by Crippen LogP contribution is -2.64. The van der Waals surface area contributed by atoms with E-state index in [0.717, 1.165) is 0 Å². The number of para-hydroxylation sites is 1. The summed E-state index contributed by atoms with van der Waals surface area (Å²) in [5.41, 5.74) is 33.9. The average Bonchev–Trinajstić information content (AvgIpc) is 3.69. The standard InChI is InChI=1S/C49H49B2N/c1-24-27(4)33(10)45(34(11)28(24)5)50-39-18-14-15-19-40(39)51-46-35(12)29(6)25(2)31(8)43(46)37-22-23-38-44-32(9)26(3)30(7)36(13)48(44)52(49(38)47(37)51)42-21-17-16-20-41(42)50/h14-23H,1-13H3. The van der Waals surface area contributed by atoms with Crippen molar-refractivity contribution in [3.05, 3.63) is 133 Å². The Morgan fingerprint density at radius 2 is 0.846 bits per heavy atom. The first-order valence-corrected chi connectivity index (χ1v) is 19.2. The van der Waals surface area contributed by atoms with Gasteiger partial charge in [-0.25, -0.2) is 0 Å². The molecule has 3 heteroatoms. The Labute approximate surface area is 311 Å². The Balaban J connectivity index is 1.61. The van der Waals surface area contributed by atoms with Gasteiger partial charge in [0.2, 0.25) is 13.4 Å². The molecular formula is C49H49B2N. The molecule has 7 aromatic rings. The fraction of sp³-hybridized carbons (Fsp3) is 0.265. The third-order valence-electron chi connectivity index (χ3n) is 14.6. The third-order valence-corrected chi connectivity index (χ3v) is 14.6. The second-order valence-electron chi connectivity index (χ2n) is 16.4. The van der Waals surface area contributed by atoms with Crippen LogP contribution in [0.3, 0.4) is 0 Å². The van der Waals surface area contributed by atoms with Crippen LogP contribution in [0.1, 0.15) is 72.3 Å². The summed E-state index contributed by atoms with van der Waals surface area (Å²) in [5.74, 6) is 0. The number of hydrogen-bond acceptors (Lipinski definition) is 0. The first-order chi connectivity index (χ1) is 24.8. The number of aromatic nitrogens is 1.